The molecule has 18 heavy (non-hydrogen) atoms. The number of nitrogens with two attached hydrogens (primary N) is 2. The first-order valence-corrected chi connectivity index (χ1v) is 5.89. The van der Waals surface area contributed by atoms with Gasteiger partial charge in [-0.25, -0.2) is 13.8 Å². The smallest absolute Gasteiger partial charge is 0.167 e. The summed E-state index contributed by atoms with van der Waals surface area (Å²) in [7, 11) is 0. The number of nitrogen functional groups attached to an aromatic ring is 2. The summed E-state index contributed by atoms with van der Waals surface area (Å²) in [5, 5.41) is 0. The normalized spacial score (nSPS) is 10.4. The van der Waals surface area contributed by atoms with E-state index in [4.69, 9.17) is 16.2 Å². The van der Waals surface area contributed by atoms with Crippen molar-refractivity contribution in [2.45, 2.75) is 0 Å². The van der Waals surface area contributed by atoms with Gasteiger partial charge in [0.15, 0.2) is 11.6 Å². The van der Waals surface area contributed by atoms with Crippen LogP contribution in [-0.2, 0) is 0 Å². The lowest BCUT2D eigenvalue weighted by Gasteiger charge is -2.10. The predicted octanol–water partition coefficient (Wildman–Crippen LogP) is 2.92. The van der Waals surface area contributed by atoms with Gasteiger partial charge in [0, 0.05) is 24.4 Å². The molecule has 0 aliphatic heterocycles. The van der Waals surface area contributed by atoms with Crippen molar-refractivity contribution in [3.63, 3.8) is 0 Å². The van der Waals surface area contributed by atoms with Crippen molar-refractivity contribution in [3.05, 3.63) is 39.6 Å². The molecule has 4 N–H and O–H groups in total. The molecule has 0 saturated heterocycles. The summed E-state index contributed by atoms with van der Waals surface area (Å²) >= 11 is 1.91. The van der Waals surface area contributed by atoms with Crippen LogP contribution in [-0.4, -0.2) is 4.98 Å². The number of benzene rings is 1. The van der Waals surface area contributed by atoms with E-state index >= 15 is 0 Å². The van der Waals surface area contributed by atoms with E-state index in [1.807, 2.05) is 22.6 Å². The zero-order valence-corrected chi connectivity index (χ0v) is 11.1. The van der Waals surface area contributed by atoms with Gasteiger partial charge in [0.25, 0.3) is 0 Å². The van der Waals surface area contributed by atoms with Gasteiger partial charge in [-0.05, 0) is 22.6 Å². The van der Waals surface area contributed by atoms with Gasteiger partial charge in [-0.3, -0.25) is 0 Å². The molecule has 2 aromatic rings. The van der Waals surface area contributed by atoms with Crippen LogP contribution in [0.2, 0.25) is 0 Å². The van der Waals surface area contributed by atoms with E-state index in [0.29, 0.717) is 9.32 Å². The number of aromatic nitrogens is 1. The summed E-state index contributed by atoms with van der Waals surface area (Å²) in [6, 6.07) is 3.26. The average Bonchev–Trinajstić information content (AvgIpc) is 2.32. The molecule has 0 saturated carbocycles. The van der Waals surface area contributed by atoms with E-state index in [1.54, 1.807) is 0 Å². The molecule has 0 aliphatic rings. The molecule has 1 aromatic carbocycles. The van der Waals surface area contributed by atoms with Crippen LogP contribution in [0.3, 0.4) is 0 Å². The second-order valence-corrected chi connectivity index (χ2v) is 4.49. The highest BCUT2D eigenvalue weighted by molar-refractivity contribution is 14.1. The van der Waals surface area contributed by atoms with Crippen molar-refractivity contribution < 1.29 is 13.5 Å². The Morgan fingerprint density at radius 2 is 1.83 bits per heavy atom. The maximum absolute atomic E-state index is 13.5. The third-order valence-electron chi connectivity index (χ3n) is 2.15. The molecule has 0 radical (unpaired) electrons. The Balaban J connectivity index is 2.40. The molecule has 0 unspecified atom stereocenters. The molecule has 0 amide bonds. The largest absolute Gasteiger partial charge is 0.453 e. The minimum atomic E-state index is -0.750. The molecule has 4 nitrogen and oxygen atoms in total. The molecule has 0 spiro atoms. The Labute approximate surface area is 115 Å². The molecule has 0 fully saturated rings. The highest BCUT2D eigenvalue weighted by atomic mass is 127. The molecular weight excluding hydrogens is 355 g/mol. The van der Waals surface area contributed by atoms with E-state index in [1.165, 1.54) is 12.3 Å². The highest BCUT2D eigenvalue weighted by Gasteiger charge is 2.12. The van der Waals surface area contributed by atoms with Crippen LogP contribution in [0.4, 0.5) is 20.3 Å². The number of halogens is 3. The Morgan fingerprint density at radius 1 is 1.11 bits per heavy atom. The maximum atomic E-state index is 13.5. The van der Waals surface area contributed by atoms with Crippen LogP contribution in [0.5, 0.6) is 11.5 Å². The first-order valence-electron chi connectivity index (χ1n) is 4.81. The fourth-order valence-electron chi connectivity index (χ4n) is 1.26. The van der Waals surface area contributed by atoms with Gasteiger partial charge >= 0.3 is 0 Å². The van der Waals surface area contributed by atoms with Crippen LogP contribution in [0.1, 0.15) is 0 Å². The van der Waals surface area contributed by atoms with Crippen LogP contribution in [0, 0.1) is 15.2 Å². The monoisotopic (exact) mass is 363 g/mol. The number of rotatable bonds is 2. The lowest BCUT2D eigenvalue weighted by molar-refractivity contribution is 0.434. The number of pyridine rings is 1. The minimum Gasteiger partial charge on any atom is -0.453 e. The summed E-state index contributed by atoms with van der Waals surface area (Å²) in [6.07, 6.45) is 1.42. The summed E-state index contributed by atoms with van der Waals surface area (Å²) in [6.45, 7) is 0. The molecule has 0 aliphatic carbocycles. The Kier molecular flexibility index (Phi) is 3.50. The van der Waals surface area contributed by atoms with Crippen LogP contribution in [0.15, 0.2) is 24.4 Å². The number of hydrogen-bond donors (Lipinski definition) is 2. The summed E-state index contributed by atoms with van der Waals surface area (Å²) in [5.41, 5.74) is 10.5. The van der Waals surface area contributed by atoms with Crippen LogP contribution < -0.4 is 16.2 Å². The maximum Gasteiger partial charge on any atom is 0.167 e. The number of hydrogen-bond acceptors (Lipinski definition) is 4. The summed E-state index contributed by atoms with van der Waals surface area (Å²) in [5.74, 6) is -1.20. The molecule has 0 bridgehead atoms. The minimum absolute atomic E-state index is 0.254. The van der Waals surface area contributed by atoms with Crippen molar-refractivity contribution in [2.75, 3.05) is 11.5 Å². The predicted molar refractivity (Wildman–Crippen MR) is 72.2 cm³/mol. The van der Waals surface area contributed by atoms with Crippen molar-refractivity contribution in [2.24, 2.45) is 0 Å². The fourth-order valence-corrected chi connectivity index (χ4v) is 1.69. The van der Waals surface area contributed by atoms with E-state index < -0.39 is 11.6 Å². The van der Waals surface area contributed by atoms with Crippen molar-refractivity contribution >= 4 is 34.1 Å². The van der Waals surface area contributed by atoms with Gasteiger partial charge in [0.1, 0.15) is 17.4 Å². The van der Waals surface area contributed by atoms with E-state index in [9.17, 15) is 8.78 Å². The SMILES string of the molecule is Nc1cc(F)c(Oc2ccnc(N)c2I)cc1F. The van der Waals surface area contributed by atoms with Gasteiger partial charge < -0.3 is 16.2 Å². The molecule has 1 aromatic heterocycles. The van der Waals surface area contributed by atoms with Crippen LogP contribution >= 0.6 is 22.6 Å². The average molecular weight is 363 g/mol. The lowest BCUT2D eigenvalue weighted by Crippen LogP contribution is -1.99. The molecule has 0 atom stereocenters. The van der Waals surface area contributed by atoms with Gasteiger partial charge in [0.05, 0.1) is 9.26 Å². The molecular formula is C11H8F2IN3O. The summed E-state index contributed by atoms with van der Waals surface area (Å²) < 4.78 is 32.5. The number of anilines is 2. The van der Waals surface area contributed by atoms with Gasteiger partial charge in [-0.1, -0.05) is 0 Å². The third-order valence-corrected chi connectivity index (χ3v) is 3.24. The fraction of sp³-hybridized carbons (Fsp3) is 0. The summed E-state index contributed by atoms with van der Waals surface area (Å²) in [4.78, 5) is 3.84. The topological polar surface area (TPSA) is 74.2 Å². The van der Waals surface area contributed by atoms with Crippen molar-refractivity contribution in [1.29, 1.82) is 0 Å². The van der Waals surface area contributed by atoms with Crippen molar-refractivity contribution in [1.82, 2.24) is 4.98 Å². The van der Waals surface area contributed by atoms with Crippen LogP contribution in [0.25, 0.3) is 0 Å². The quantitative estimate of drug-likeness (QED) is 0.636. The lowest BCUT2D eigenvalue weighted by atomic mass is 10.3. The second kappa shape index (κ2) is 4.92. The Morgan fingerprint density at radius 3 is 2.56 bits per heavy atom. The third kappa shape index (κ3) is 2.45. The van der Waals surface area contributed by atoms with E-state index in [0.717, 1.165) is 12.1 Å². The molecule has 2 rings (SSSR count). The van der Waals surface area contributed by atoms with Crippen molar-refractivity contribution in [3.8, 4) is 11.5 Å². The first kappa shape index (κ1) is 12.8. The highest BCUT2D eigenvalue weighted by Crippen LogP contribution is 2.32. The zero-order chi connectivity index (χ0) is 13.3. The molecule has 94 valence electrons. The second-order valence-electron chi connectivity index (χ2n) is 3.41. The Bertz CT molecular complexity index is 607. The zero-order valence-electron chi connectivity index (χ0n) is 8.95. The van der Waals surface area contributed by atoms with Gasteiger partial charge in [0.2, 0.25) is 0 Å². The standard InChI is InChI=1S/C11H8F2IN3O/c12-5-4-9(6(13)3-7(5)15)18-8-1-2-17-11(16)10(8)14/h1-4H,15H2,(H2,16,17). The van der Waals surface area contributed by atoms with Gasteiger partial charge in [-0.2, -0.15) is 0 Å². The molecule has 7 heteroatoms. The van der Waals surface area contributed by atoms with E-state index in [-0.39, 0.29) is 17.3 Å². The molecule has 1 heterocycles. The van der Waals surface area contributed by atoms with E-state index in [2.05, 4.69) is 4.98 Å². The Hall–Kier alpha value is -1.64. The number of nitrogens with zero attached hydrogens (tertiary/aromatic N) is 1. The number of ether oxygens (including phenoxy) is 1. The first-order chi connectivity index (χ1) is 8.49. The van der Waals surface area contributed by atoms with Gasteiger partial charge in [-0.15, -0.1) is 0 Å².